The van der Waals surface area contributed by atoms with Gasteiger partial charge in [-0.1, -0.05) is 21.1 Å². The van der Waals surface area contributed by atoms with Crippen LogP contribution in [0.4, 0.5) is 4.39 Å². The summed E-state index contributed by atoms with van der Waals surface area (Å²) in [6, 6.07) is 4.19. The standard InChI is InChI=1S/C8H7BrFNO/c1-5(11-12)7-3-2-6(10)4-8(7)9/h2-4,12H,1H3/b11-5-. The van der Waals surface area contributed by atoms with Gasteiger partial charge in [-0.3, -0.25) is 0 Å². The molecule has 0 aliphatic heterocycles. The van der Waals surface area contributed by atoms with Crippen LogP contribution in [0.15, 0.2) is 27.8 Å². The van der Waals surface area contributed by atoms with Crippen LogP contribution >= 0.6 is 15.9 Å². The molecule has 0 fully saturated rings. The number of rotatable bonds is 1. The van der Waals surface area contributed by atoms with E-state index in [0.29, 0.717) is 15.7 Å². The van der Waals surface area contributed by atoms with Crippen molar-refractivity contribution in [3.63, 3.8) is 0 Å². The molecule has 0 spiro atoms. The molecule has 0 unspecified atom stereocenters. The Morgan fingerprint density at radius 3 is 2.75 bits per heavy atom. The molecule has 0 amide bonds. The Hall–Kier alpha value is -0.900. The molecule has 4 heteroatoms. The van der Waals surface area contributed by atoms with Crippen molar-refractivity contribution in [3.8, 4) is 0 Å². The molecule has 1 aromatic carbocycles. The smallest absolute Gasteiger partial charge is 0.124 e. The Labute approximate surface area is 77.8 Å². The topological polar surface area (TPSA) is 32.6 Å². The lowest BCUT2D eigenvalue weighted by atomic mass is 10.1. The van der Waals surface area contributed by atoms with Gasteiger partial charge in [0.05, 0.1) is 5.71 Å². The Bertz CT molecular complexity index is 325. The number of oxime groups is 1. The van der Waals surface area contributed by atoms with E-state index >= 15 is 0 Å². The average Bonchev–Trinajstić information content (AvgIpc) is 2.03. The molecule has 1 aromatic rings. The van der Waals surface area contributed by atoms with Crippen LogP contribution in [0.3, 0.4) is 0 Å². The third kappa shape index (κ3) is 1.82. The lowest BCUT2D eigenvalue weighted by Crippen LogP contribution is -1.95. The van der Waals surface area contributed by atoms with Gasteiger partial charge in [-0.25, -0.2) is 4.39 Å². The summed E-state index contributed by atoms with van der Waals surface area (Å²) in [4.78, 5) is 0. The van der Waals surface area contributed by atoms with Crippen LogP contribution in [0.5, 0.6) is 0 Å². The summed E-state index contributed by atoms with van der Waals surface area (Å²) in [5.41, 5.74) is 1.13. The van der Waals surface area contributed by atoms with Gasteiger partial charge >= 0.3 is 0 Å². The first-order valence-corrected chi connectivity index (χ1v) is 4.08. The van der Waals surface area contributed by atoms with E-state index in [0.717, 1.165) is 0 Å². The molecular formula is C8H7BrFNO. The van der Waals surface area contributed by atoms with Crippen molar-refractivity contribution in [3.05, 3.63) is 34.1 Å². The van der Waals surface area contributed by atoms with E-state index in [2.05, 4.69) is 21.1 Å². The minimum absolute atomic E-state index is 0.323. The SMILES string of the molecule is C/C(=N/O)c1ccc(F)cc1Br. The summed E-state index contributed by atoms with van der Waals surface area (Å²) in [5, 5.41) is 11.5. The van der Waals surface area contributed by atoms with E-state index in [1.807, 2.05) is 0 Å². The molecule has 64 valence electrons. The fourth-order valence-corrected chi connectivity index (χ4v) is 1.47. The summed E-state index contributed by atoms with van der Waals surface area (Å²) in [7, 11) is 0. The fourth-order valence-electron chi connectivity index (χ4n) is 0.837. The molecule has 0 saturated carbocycles. The van der Waals surface area contributed by atoms with E-state index in [1.165, 1.54) is 12.1 Å². The van der Waals surface area contributed by atoms with Crippen molar-refractivity contribution in [2.45, 2.75) is 6.92 Å². The van der Waals surface area contributed by atoms with Crippen LogP contribution in [0.25, 0.3) is 0 Å². The van der Waals surface area contributed by atoms with Crippen LogP contribution in [0, 0.1) is 5.82 Å². The van der Waals surface area contributed by atoms with Gasteiger partial charge in [0.25, 0.3) is 0 Å². The Kier molecular flexibility index (Phi) is 2.81. The summed E-state index contributed by atoms with van der Waals surface area (Å²) >= 11 is 3.16. The summed E-state index contributed by atoms with van der Waals surface area (Å²) in [6.07, 6.45) is 0. The molecule has 0 bridgehead atoms. The molecule has 12 heavy (non-hydrogen) atoms. The Balaban J connectivity index is 3.18. The monoisotopic (exact) mass is 231 g/mol. The van der Waals surface area contributed by atoms with Crippen LogP contribution in [-0.4, -0.2) is 10.9 Å². The second-order valence-corrected chi connectivity index (χ2v) is 3.16. The number of benzene rings is 1. The quantitative estimate of drug-likeness (QED) is 0.450. The minimum Gasteiger partial charge on any atom is -0.411 e. The number of hydrogen-bond donors (Lipinski definition) is 1. The molecule has 0 atom stereocenters. The van der Waals surface area contributed by atoms with Crippen molar-refractivity contribution in [1.29, 1.82) is 0 Å². The largest absolute Gasteiger partial charge is 0.411 e. The van der Waals surface area contributed by atoms with E-state index in [-0.39, 0.29) is 5.82 Å². The molecule has 0 aliphatic carbocycles. The third-order valence-corrected chi connectivity index (χ3v) is 2.13. The zero-order valence-electron chi connectivity index (χ0n) is 6.38. The molecular weight excluding hydrogens is 225 g/mol. The first-order chi connectivity index (χ1) is 5.65. The Morgan fingerprint density at radius 2 is 2.25 bits per heavy atom. The van der Waals surface area contributed by atoms with Gasteiger partial charge in [0.15, 0.2) is 0 Å². The van der Waals surface area contributed by atoms with Crippen molar-refractivity contribution in [1.82, 2.24) is 0 Å². The lowest BCUT2D eigenvalue weighted by Gasteiger charge is -2.01. The zero-order chi connectivity index (χ0) is 9.14. The van der Waals surface area contributed by atoms with Gasteiger partial charge < -0.3 is 5.21 Å². The van der Waals surface area contributed by atoms with Gasteiger partial charge in [-0.15, -0.1) is 0 Å². The van der Waals surface area contributed by atoms with Crippen LogP contribution < -0.4 is 0 Å². The first-order valence-electron chi connectivity index (χ1n) is 3.29. The molecule has 0 aromatic heterocycles. The van der Waals surface area contributed by atoms with E-state index in [4.69, 9.17) is 5.21 Å². The molecule has 0 radical (unpaired) electrons. The number of halogens is 2. The van der Waals surface area contributed by atoms with Gasteiger partial charge in [0, 0.05) is 10.0 Å². The predicted molar refractivity (Wildman–Crippen MR) is 48.1 cm³/mol. The highest BCUT2D eigenvalue weighted by Crippen LogP contribution is 2.18. The van der Waals surface area contributed by atoms with Gasteiger partial charge in [-0.05, 0) is 25.1 Å². The van der Waals surface area contributed by atoms with Gasteiger partial charge in [-0.2, -0.15) is 0 Å². The van der Waals surface area contributed by atoms with Crippen LogP contribution in [0.2, 0.25) is 0 Å². The highest BCUT2D eigenvalue weighted by atomic mass is 79.9. The maximum atomic E-state index is 12.6. The maximum Gasteiger partial charge on any atom is 0.124 e. The molecule has 2 nitrogen and oxygen atoms in total. The second kappa shape index (κ2) is 3.67. The van der Waals surface area contributed by atoms with E-state index < -0.39 is 0 Å². The van der Waals surface area contributed by atoms with E-state index in [1.54, 1.807) is 13.0 Å². The van der Waals surface area contributed by atoms with Crippen molar-refractivity contribution in [2.75, 3.05) is 0 Å². The number of nitrogens with zero attached hydrogens (tertiary/aromatic N) is 1. The summed E-state index contributed by atoms with van der Waals surface area (Å²) in [6.45, 7) is 1.64. The molecule has 1 rings (SSSR count). The van der Waals surface area contributed by atoms with Crippen molar-refractivity contribution >= 4 is 21.6 Å². The second-order valence-electron chi connectivity index (χ2n) is 2.31. The van der Waals surface area contributed by atoms with Gasteiger partial charge in [0.1, 0.15) is 5.82 Å². The molecule has 1 N–H and O–H groups in total. The van der Waals surface area contributed by atoms with Crippen LogP contribution in [-0.2, 0) is 0 Å². The normalized spacial score (nSPS) is 11.8. The molecule has 0 aliphatic rings. The van der Waals surface area contributed by atoms with Crippen molar-refractivity contribution < 1.29 is 9.60 Å². The molecule has 0 saturated heterocycles. The highest BCUT2D eigenvalue weighted by Gasteiger charge is 2.04. The fraction of sp³-hybridized carbons (Fsp3) is 0.125. The number of hydrogen-bond acceptors (Lipinski definition) is 2. The molecule has 0 heterocycles. The van der Waals surface area contributed by atoms with Crippen molar-refractivity contribution in [2.24, 2.45) is 5.16 Å². The van der Waals surface area contributed by atoms with Crippen LogP contribution in [0.1, 0.15) is 12.5 Å². The minimum atomic E-state index is -0.323. The van der Waals surface area contributed by atoms with E-state index in [9.17, 15) is 4.39 Å². The lowest BCUT2D eigenvalue weighted by molar-refractivity contribution is 0.319. The first kappa shape index (κ1) is 9.19. The predicted octanol–water partition coefficient (Wildman–Crippen LogP) is 2.79. The zero-order valence-corrected chi connectivity index (χ0v) is 7.97. The average molecular weight is 232 g/mol. The maximum absolute atomic E-state index is 12.6. The highest BCUT2D eigenvalue weighted by molar-refractivity contribution is 9.10. The Morgan fingerprint density at radius 1 is 1.58 bits per heavy atom. The summed E-state index contributed by atoms with van der Waals surface area (Å²) in [5.74, 6) is -0.323. The summed E-state index contributed by atoms with van der Waals surface area (Å²) < 4.78 is 13.2. The third-order valence-electron chi connectivity index (χ3n) is 1.47. The van der Waals surface area contributed by atoms with Gasteiger partial charge in [0.2, 0.25) is 0 Å².